The van der Waals surface area contributed by atoms with E-state index in [0.29, 0.717) is 52.5 Å². The Kier molecular flexibility index (Phi) is 9.80. The Hall–Kier alpha value is -4.86. The minimum Gasteiger partial charge on any atom is -0.496 e. The fourth-order valence-electron chi connectivity index (χ4n) is 4.67. The minimum atomic E-state index is -0.603. The van der Waals surface area contributed by atoms with Crippen molar-refractivity contribution in [3.05, 3.63) is 94.1 Å². The van der Waals surface area contributed by atoms with Crippen LogP contribution >= 0.6 is 0 Å². The molecule has 0 aliphatic carbocycles. The van der Waals surface area contributed by atoms with Crippen LogP contribution in [0.5, 0.6) is 23.0 Å². The van der Waals surface area contributed by atoms with Gasteiger partial charge in [0.1, 0.15) is 53.4 Å². The van der Waals surface area contributed by atoms with Crippen molar-refractivity contribution in [1.82, 2.24) is 14.8 Å². The molecule has 42 heavy (non-hydrogen) atoms. The number of esters is 2. The zero-order valence-corrected chi connectivity index (χ0v) is 24.7. The van der Waals surface area contributed by atoms with Gasteiger partial charge in [-0.3, -0.25) is 4.68 Å². The third-order valence-electron chi connectivity index (χ3n) is 6.85. The van der Waals surface area contributed by atoms with Crippen LogP contribution < -0.4 is 18.9 Å². The van der Waals surface area contributed by atoms with Gasteiger partial charge in [0.2, 0.25) is 0 Å². The summed E-state index contributed by atoms with van der Waals surface area (Å²) in [5.74, 6) is 0.396. The molecular formula is C32H35N3O7. The highest BCUT2D eigenvalue weighted by molar-refractivity contribution is 5.98. The molecule has 0 aliphatic rings. The van der Waals surface area contributed by atoms with Crippen molar-refractivity contribution in [3.63, 3.8) is 0 Å². The highest BCUT2D eigenvalue weighted by Gasteiger charge is 2.27. The van der Waals surface area contributed by atoms with Crippen molar-refractivity contribution in [2.75, 3.05) is 20.8 Å². The molecule has 10 heteroatoms. The van der Waals surface area contributed by atoms with Crippen molar-refractivity contribution in [3.8, 4) is 23.0 Å². The van der Waals surface area contributed by atoms with Gasteiger partial charge in [-0.25, -0.2) is 14.6 Å². The van der Waals surface area contributed by atoms with E-state index in [2.05, 4.69) is 10.1 Å². The van der Waals surface area contributed by atoms with Crippen LogP contribution in [0.1, 0.15) is 55.0 Å². The molecule has 10 nitrogen and oxygen atoms in total. The highest BCUT2D eigenvalue weighted by Crippen LogP contribution is 2.38. The fourth-order valence-corrected chi connectivity index (χ4v) is 4.67. The number of benzene rings is 3. The van der Waals surface area contributed by atoms with E-state index < -0.39 is 11.9 Å². The van der Waals surface area contributed by atoms with Crippen LogP contribution in [0.4, 0.5) is 0 Å². The van der Waals surface area contributed by atoms with Gasteiger partial charge < -0.3 is 23.7 Å². The van der Waals surface area contributed by atoms with Crippen LogP contribution in [0.25, 0.3) is 0 Å². The highest BCUT2D eigenvalue weighted by atomic mass is 16.5. The summed E-state index contributed by atoms with van der Waals surface area (Å²) in [4.78, 5) is 30.8. The summed E-state index contributed by atoms with van der Waals surface area (Å²) in [5, 5.41) is 4.11. The summed E-state index contributed by atoms with van der Waals surface area (Å²) >= 11 is 0. The molecule has 4 rings (SSSR count). The molecule has 3 aromatic carbocycles. The van der Waals surface area contributed by atoms with Gasteiger partial charge in [-0.1, -0.05) is 30.3 Å². The second kappa shape index (κ2) is 13.7. The van der Waals surface area contributed by atoms with Gasteiger partial charge in [-0.2, -0.15) is 5.10 Å². The Balaban J connectivity index is 1.65. The molecule has 0 bridgehead atoms. The Morgan fingerprint density at radius 1 is 0.833 bits per heavy atom. The zero-order chi connectivity index (χ0) is 30.2. The SMILES string of the molecule is COc1cc(C)c(C(=O)Oc2cc(C)c(C(=O)OCc3ccccc3)c(OCCCn3cncn3)c2C)c(OC)c1C. The smallest absolute Gasteiger partial charge is 0.347 e. The first kappa shape index (κ1) is 30.1. The lowest BCUT2D eigenvalue weighted by atomic mass is 10.0. The van der Waals surface area contributed by atoms with Crippen molar-refractivity contribution in [1.29, 1.82) is 0 Å². The van der Waals surface area contributed by atoms with Gasteiger partial charge in [-0.05, 0) is 56.5 Å². The lowest BCUT2D eigenvalue weighted by Crippen LogP contribution is -2.16. The van der Waals surface area contributed by atoms with Crippen molar-refractivity contribution < 1.29 is 33.3 Å². The number of aryl methyl sites for hydroxylation is 3. The molecule has 1 aromatic heterocycles. The Morgan fingerprint density at radius 3 is 2.14 bits per heavy atom. The van der Waals surface area contributed by atoms with Crippen molar-refractivity contribution in [2.24, 2.45) is 0 Å². The van der Waals surface area contributed by atoms with Gasteiger partial charge in [0, 0.05) is 24.1 Å². The standard InChI is InChI=1S/C32H35N3O7/c1-20-15-25(38-5)22(3)29(39-6)27(20)32(37)42-26-16-21(2)28(31(36)41-17-24-11-8-7-9-12-24)30(23(26)4)40-14-10-13-35-19-33-18-34-35/h7-9,11-12,15-16,18-19H,10,13-14,17H2,1-6H3. The lowest BCUT2D eigenvalue weighted by molar-refractivity contribution is 0.0466. The third kappa shape index (κ3) is 6.71. The summed E-state index contributed by atoms with van der Waals surface area (Å²) in [6.45, 7) is 8.06. The van der Waals surface area contributed by atoms with E-state index >= 15 is 0 Å². The largest absolute Gasteiger partial charge is 0.496 e. The van der Waals surface area contributed by atoms with Gasteiger partial charge in [0.05, 0.1) is 20.8 Å². The maximum Gasteiger partial charge on any atom is 0.347 e. The normalized spacial score (nSPS) is 10.7. The van der Waals surface area contributed by atoms with Crippen LogP contribution in [0, 0.1) is 27.7 Å². The topological polar surface area (TPSA) is 111 Å². The number of hydrogen-bond donors (Lipinski definition) is 0. The van der Waals surface area contributed by atoms with E-state index in [0.717, 1.165) is 5.56 Å². The van der Waals surface area contributed by atoms with Crippen molar-refractivity contribution in [2.45, 2.75) is 47.3 Å². The van der Waals surface area contributed by atoms with Crippen molar-refractivity contribution >= 4 is 11.9 Å². The molecule has 0 atom stereocenters. The molecule has 0 aliphatic heterocycles. The molecule has 0 saturated heterocycles. The summed E-state index contributed by atoms with van der Waals surface area (Å²) < 4.78 is 30.4. The van der Waals surface area contributed by atoms with Crippen LogP contribution in [-0.4, -0.2) is 47.5 Å². The monoisotopic (exact) mass is 573 g/mol. The van der Waals surface area contributed by atoms with Gasteiger partial charge >= 0.3 is 11.9 Å². The quantitative estimate of drug-likeness (QED) is 0.122. The molecular weight excluding hydrogens is 538 g/mol. The van der Waals surface area contributed by atoms with E-state index in [1.165, 1.54) is 13.4 Å². The number of nitrogens with zero attached hydrogens (tertiary/aromatic N) is 3. The first-order chi connectivity index (χ1) is 20.2. The maximum absolute atomic E-state index is 13.5. The Morgan fingerprint density at radius 2 is 1.50 bits per heavy atom. The predicted molar refractivity (Wildman–Crippen MR) is 156 cm³/mol. The molecule has 0 radical (unpaired) electrons. The van der Waals surface area contributed by atoms with Crippen LogP contribution in [0.15, 0.2) is 55.1 Å². The average molecular weight is 574 g/mol. The number of carbonyl (C=O) groups is 2. The Bertz CT molecular complexity index is 1550. The molecule has 0 amide bonds. The molecule has 0 spiro atoms. The van der Waals surface area contributed by atoms with E-state index in [-0.39, 0.29) is 30.1 Å². The third-order valence-corrected chi connectivity index (χ3v) is 6.85. The lowest BCUT2D eigenvalue weighted by Gasteiger charge is -2.20. The average Bonchev–Trinajstić information content (AvgIpc) is 3.51. The molecule has 0 fully saturated rings. The first-order valence-electron chi connectivity index (χ1n) is 13.5. The number of aromatic nitrogens is 3. The number of hydrogen-bond acceptors (Lipinski definition) is 9. The molecule has 1 heterocycles. The zero-order valence-electron chi connectivity index (χ0n) is 24.7. The maximum atomic E-state index is 13.5. The van der Waals surface area contributed by atoms with Gasteiger partial charge in [0.25, 0.3) is 0 Å². The summed E-state index contributed by atoms with van der Waals surface area (Å²) in [6.07, 6.45) is 3.69. The first-order valence-corrected chi connectivity index (χ1v) is 13.5. The Labute approximate surface area is 245 Å². The molecule has 0 unspecified atom stereocenters. The van der Waals surface area contributed by atoms with Gasteiger partial charge in [0.15, 0.2) is 0 Å². The summed E-state index contributed by atoms with van der Waals surface area (Å²) in [5.41, 5.74) is 3.77. The summed E-state index contributed by atoms with van der Waals surface area (Å²) in [7, 11) is 3.06. The molecule has 0 saturated carbocycles. The van der Waals surface area contributed by atoms with Crippen LogP contribution in [0.3, 0.4) is 0 Å². The number of methoxy groups -OCH3 is 2. The van der Waals surface area contributed by atoms with E-state index in [1.807, 2.05) is 37.3 Å². The molecule has 4 aromatic rings. The fraction of sp³-hybridized carbons (Fsp3) is 0.312. The van der Waals surface area contributed by atoms with E-state index in [9.17, 15) is 9.59 Å². The molecule has 220 valence electrons. The number of carbonyl (C=O) groups excluding carboxylic acids is 2. The number of rotatable bonds is 12. The van der Waals surface area contributed by atoms with E-state index in [4.69, 9.17) is 23.7 Å². The molecule has 0 N–H and O–H groups in total. The second-order valence-electron chi connectivity index (χ2n) is 9.76. The van der Waals surface area contributed by atoms with Crippen LogP contribution in [-0.2, 0) is 17.9 Å². The van der Waals surface area contributed by atoms with Gasteiger partial charge in [-0.15, -0.1) is 0 Å². The second-order valence-corrected chi connectivity index (χ2v) is 9.76. The number of ether oxygens (including phenoxy) is 5. The summed E-state index contributed by atoms with van der Waals surface area (Å²) in [6, 6.07) is 12.8. The van der Waals surface area contributed by atoms with Crippen LogP contribution in [0.2, 0.25) is 0 Å². The minimum absolute atomic E-state index is 0.108. The van der Waals surface area contributed by atoms with E-state index in [1.54, 1.807) is 51.0 Å². The predicted octanol–water partition coefficient (Wildman–Crippen LogP) is 5.57.